The molecule has 1 fully saturated rings. The molecule has 0 spiro atoms. The van der Waals surface area contributed by atoms with Crippen LogP contribution in [-0.4, -0.2) is 39.9 Å². The zero-order chi connectivity index (χ0) is 21.3. The van der Waals surface area contributed by atoms with E-state index in [1.807, 2.05) is 25.1 Å². The van der Waals surface area contributed by atoms with Crippen molar-refractivity contribution in [2.24, 2.45) is 5.92 Å². The molecular formula is C24H31N5O. The summed E-state index contributed by atoms with van der Waals surface area (Å²) in [6.07, 6.45) is 1.71. The summed E-state index contributed by atoms with van der Waals surface area (Å²) in [5.41, 5.74) is 5.58. The number of rotatable bonds is 5. The summed E-state index contributed by atoms with van der Waals surface area (Å²) >= 11 is 0. The minimum atomic E-state index is 0.0916. The quantitative estimate of drug-likeness (QED) is 0.700. The first-order valence-electron chi connectivity index (χ1n) is 10.8. The van der Waals surface area contributed by atoms with Crippen molar-refractivity contribution in [1.82, 2.24) is 19.7 Å². The highest BCUT2D eigenvalue weighted by Crippen LogP contribution is 2.35. The topological polar surface area (TPSA) is 55.1 Å². The van der Waals surface area contributed by atoms with Gasteiger partial charge in [0.05, 0.1) is 11.4 Å². The van der Waals surface area contributed by atoms with E-state index in [1.165, 1.54) is 11.4 Å². The Hall–Kier alpha value is -3.02. The molecule has 0 radical (unpaired) electrons. The molecule has 158 valence electrons. The van der Waals surface area contributed by atoms with Crippen LogP contribution in [0, 0.1) is 26.7 Å². The predicted octanol–water partition coefficient (Wildman–Crippen LogP) is 3.94. The van der Waals surface area contributed by atoms with Gasteiger partial charge in [-0.1, -0.05) is 18.2 Å². The van der Waals surface area contributed by atoms with E-state index in [0.717, 1.165) is 48.8 Å². The summed E-state index contributed by atoms with van der Waals surface area (Å²) in [4.78, 5) is 14.7. The first-order valence-corrected chi connectivity index (χ1v) is 10.8. The number of piperidine rings is 1. The molecule has 0 saturated carbocycles. The largest absolute Gasteiger partial charge is 0.356 e. The monoisotopic (exact) mass is 405 g/mol. The lowest BCUT2D eigenvalue weighted by molar-refractivity contribution is -0.125. The van der Waals surface area contributed by atoms with Crippen LogP contribution in [0.1, 0.15) is 36.8 Å². The molecule has 4 rings (SSSR count). The van der Waals surface area contributed by atoms with E-state index in [-0.39, 0.29) is 11.8 Å². The number of nitrogens with one attached hydrogen (secondary N) is 1. The Kier molecular flexibility index (Phi) is 5.66. The second-order valence-corrected chi connectivity index (χ2v) is 8.11. The van der Waals surface area contributed by atoms with Crippen LogP contribution in [0.3, 0.4) is 0 Å². The highest BCUT2D eigenvalue weighted by atomic mass is 16.1. The standard InChI is InChI=1S/C24H31N5O/c1-5-25-23(30)20-13-15-27(16-14-20)24-22(28-17(2)11-12-18(28)3)19(4)26-29(24)21-9-7-6-8-10-21/h6-12,20H,5,13-16H2,1-4H3,(H,25,30). The van der Waals surface area contributed by atoms with Crippen molar-refractivity contribution in [3.05, 3.63) is 59.5 Å². The maximum atomic E-state index is 12.3. The minimum Gasteiger partial charge on any atom is -0.356 e. The molecule has 0 unspecified atom stereocenters. The van der Waals surface area contributed by atoms with Crippen LogP contribution in [0.4, 0.5) is 5.82 Å². The van der Waals surface area contributed by atoms with Crippen LogP contribution in [0.5, 0.6) is 0 Å². The Morgan fingerprint density at radius 3 is 2.27 bits per heavy atom. The number of hydrogen-bond acceptors (Lipinski definition) is 3. The van der Waals surface area contributed by atoms with Gasteiger partial charge in [0.2, 0.25) is 5.91 Å². The van der Waals surface area contributed by atoms with Gasteiger partial charge in [0.15, 0.2) is 5.82 Å². The molecule has 3 heterocycles. The van der Waals surface area contributed by atoms with Crippen LogP contribution in [0.2, 0.25) is 0 Å². The van der Waals surface area contributed by atoms with Crippen LogP contribution in [0.25, 0.3) is 11.4 Å². The summed E-state index contributed by atoms with van der Waals surface area (Å²) in [5.74, 6) is 1.38. The Bertz CT molecular complexity index is 1010. The van der Waals surface area contributed by atoms with Gasteiger partial charge in [-0.15, -0.1) is 0 Å². The zero-order valence-corrected chi connectivity index (χ0v) is 18.4. The summed E-state index contributed by atoms with van der Waals surface area (Å²) in [6.45, 7) is 10.7. The lowest BCUT2D eigenvalue weighted by Gasteiger charge is -2.34. The fraction of sp³-hybridized carbons (Fsp3) is 0.417. The Balaban J connectivity index is 1.77. The Labute approximate surface area is 178 Å². The number of aryl methyl sites for hydroxylation is 3. The smallest absolute Gasteiger partial charge is 0.223 e. The number of aromatic nitrogens is 3. The number of benzene rings is 1. The molecule has 0 bridgehead atoms. The maximum absolute atomic E-state index is 12.3. The fourth-order valence-electron chi connectivity index (χ4n) is 4.49. The molecule has 0 aliphatic carbocycles. The highest BCUT2D eigenvalue weighted by Gasteiger charge is 2.30. The van der Waals surface area contributed by atoms with Crippen molar-refractivity contribution in [2.75, 3.05) is 24.5 Å². The molecule has 0 atom stereocenters. The molecule has 3 aromatic rings. The second kappa shape index (κ2) is 8.38. The first-order chi connectivity index (χ1) is 14.5. The number of hydrogen-bond donors (Lipinski definition) is 1. The molecule has 1 aliphatic heterocycles. The van der Waals surface area contributed by atoms with Crippen molar-refractivity contribution in [2.45, 2.75) is 40.5 Å². The van der Waals surface area contributed by atoms with Crippen molar-refractivity contribution in [3.63, 3.8) is 0 Å². The third kappa shape index (κ3) is 3.62. The molecular weight excluding hydrogens is 374 g/mol. The van der Waals surface area contributed by atoms with Crippen molar-refractivity contribution in [1.29, 1.82) is 0 Å². The Morgan fingerprint density at radius 2 is 1.67 bits per heavy atom. The SMILES string of the molecule is CCNC(=O)C1CCN(c2c(-n3c(C)ccc3C)c(C)nn2-c2ccccc2)CC1. The van der Waals surface area contributed by atoms with Crippen LogP contribution >= 0.6 is 0 Å². The van der Waals surface area contributed by atoms with E-state index in [9.17, 15) is 4.79 Å². The normalized spacial score (nSPS) is 14.9. The zero-order valence-electron chi connectivity index (χ0n) is 18.4. The lowest BCUT2D eigenvalue weighted by Crippen LogP contribution is -2.41. The van der Waals surface area contributed by atoms with Gasteiger partial charge >= 0.3 is 0 Å². The fourth-order valence-corrected chi connectivity index (χ4v) is 4.49. The third-order valence-electron chi connectivity index (χ3n) is 6.02. The van der Waals surface area contributed by atoms with Gasteiger partial charge in [-0.05, 0) is 64.8 Å². The van der Waals surface area contributed by atoms with Gasteiger partial charge in [0, 0.05) is 36.9 Å². The third-order valence-corrected chi connectivity index (χ3v) is 6.02. The van der Waals surface area contributed by atoms with Gasteiger partial charge in [-0.25, -0.2) is 4.68 Å². The van der Waals surface area contributed by atoms with E-state index >= 15 is 0 Å². The molecule has 1 aromatic carbocycles. The average molecular weight is 406 g/mol. The number of nitrogens with zero attached hydrogens (tertiary/aromatic N) is 4. The molecule has 1 aliphatic rings. The van der Waals surface area contributed by atoms with Gasteiger partial charge < -0.3 is 14.8 Å². The molecule has 30 heavy (non-hydrogen) atoms. The predicted molar refractivity (Wildman–Crippen MR) is 121 cm³/mol. The van der Waals surface area contributed by atoms with E-state index < -0.39 is 0 Å². The van der Waals surface area contributed by atoms with Crippen molar-refractivity contribution < 1.29 is 4.79 Å². The van der Waals surface area contributed by atoms with Crippen molar-refractivity contribution in [3.8, 4) is 11.4 Å². The van der Waals surface area contributed by atoms with Crippen LogP contribution in [-0.2, 0) is 4.79 Å². The molecule has 2 aromatic heterocycles. The van der Waals surface area contributed by atoms with Gasteiger partial charge in [0.25, 0.3) is 0 Å². The summed E-state index contributed by atoms with van der Waals surface area (Å²) < 4.78 is 4.36. The molecule has 6 heteroatoms. The summed E-state index contributed by atoms with van der Waals surface area (Å²) in [5, 5.41) is 7.93. The van der Waals surface area contributed by atoms with E-state index in [0.29, 0.717) is 6.54 Å². The number of carbonyl (C=O) groups excluding carboxylic acids is 1. The number of para-hydroxylation sites is 1. The molecule has 1 amide bonds. The van der Waals surface area contributed by atoms with Gasteiger partial charge in [0.1, 0.15) is 5.69 Å². The number of carbonyl (C=O) groups is 1. The number of amides is 1. The van der Waals surface area contributed by atoms with Gasteiger partial charge in [-0.2, -0.15) is 5.10 Å². The molecule has 1 N–H and O–H groups in total. The summed E-state index contributed by atoms with van der Waals surface area (Å²) in [7, 11) is 0. The lowest BCUT2D eigenvalue weighted by atomic mass is 9.96. The summed E-state index contributed by atoms with van der Waals surface area (Å²) in [6, 6.07) is 14.6. The average Bonchev–Trinajstić information content (AvgIpc) is 3.27. The molecule has 1 saturated heterocycles. The first kappa shape index (κ1) is 20.3. The molecule has 6 nitrogen and oxygen atoms in total. The Morgan fingerprint density at radius 1 is 1.03 bits per heavy atom. The number of anilines is 1. The maximum Gasteiger partial charge on any atom is 0.223 e. The van der Waals surface area contributed by atoms with Crippen molar-refractivity contribution >= 4 is 11.7 Å². The van der Waals surface area contributed by atoms with Gasteiger partial charge in [-0.3, -0.25) is 4.79 Å². The highest BCUT2D eigenvalue weighted by molar-refractivity contribution is 5.79. The second-order valence-electron chi connectivity index (χ2n) is 8.11. The van der Waals surface area contributed by atoms with E-state index in [4.69, 9.17) is 5.10 Å². The van der Waals surface area contributed by atoms with Crippen LogP contribution < -0.4 is 10.2 Å². The van der Waals surface area contributed by atoms with E-state index in [2.05, 4.69) is 64.5 Å². The minimum absolute atomic E-state index is 0.0916. The van der Waals surface area contributed by atoms with Crippen LogP contribution in [0.15, 0.2) is 42.5 Å². The van der Waals surface area contributed by atoms with E-state index in [1.54, 1.807) is 0 Å².